The predicted octanol–water partition coefficient (Wildman–Crippen LogP) is 2.19. The second-order valence-corrected chi connectivity index (χ2v) is 8.37. The van der Waals surface area contributed by atoms with E-state index in [0.717, 1.165) is 0 Å². The maximum Gasteiger partial charge on any atom is 0.337 e. The van der Waals surface area contributed by atoms with Crippen molar-refractivity contribution in [3.63, 3.8) is 0 Å². The molecule has 0 fully saturated rings. The lowest BCUT2D eigenvalue weighted by atomic mass is 10.6. The molecule has 0 heterocycles. The average Bonchev–Trinajstić information content (AvgIpc) is 1.83. The van der Waals surface area contributed by atoms with Gasteiger partial charge >= 0.3 is 15.2 Å². The Morgan fingerprint density at radius 2 is 1.15 bits per heavy atom. The highest BCUT2D eigenvalue weighted by molar-refractivity contribution is 7.66. The quantitative estimate of drug-likeness (QED) is 0.723. The predicted molar refractivity (Wildman–Crippen MR) is 51.0 cm³/mol. The van der Waals surface area contributed by atoms with E-state index >= 15 is 0 Å². The summed E-state index contributed by atoms with van der Waals surface area (Å²) in [4.78, 5) is 18.4. The maximum absolute atomic E-state index is 11.2. The molecule has 0 aromatic rings. The third kappa shape index (κ3) is 3.92. The van der Waals surface area contributed by atoms with Gasteiger partial charge < -0.3 is 9.79 Å². The van der Waals surface area contributed by atoms with E-state index in [0.29, 0.717) is 0 Å². The van der Waals surface area contributed by atoms with Crippen molar-refractivity contribution in [3.05, 3.63) is 0 Å². The van der Waals surface area contributed by atoms with Crippen molar-refractivity contribution >= 4 is 15.2 Å². The average molecular weight is 230 g/mol. The minimum Gasteiger partial charge on any atom is -0.324 e. The van der Waals surface area contributed by atoms with Gasteiger partial charge in [-0.15, -0.1) is 0 Å². The fraction of sp³-hybridized carbons (Fsp3) is 1.00. The smallest absolute Gasteiger partial charge is 0.324 e. The van der Waals surface area contributed by atoms with E-state index in [9.17, 15) is 18.9 Å². The lowest BCUT2D eigenvalue weighted by Gasteiger charge is -2.21. The fourth-order valence-corrected chi connectivity index (χ4v) is 3.21. The van der Waals surface area contributed by atoms with Crippen molar-refractivity contribution in [2.24, 2.45) is 0 Å². The highest BCUT2D eigenvalue weighted by Crippen LogP contribution is 2.63. The van der Waals surface area contributed by atoms with Crippen LogP contribution in [0.15, 0.2) is 0 Å². The van der Waals surface area contributed by atoms with Crippen molar-refractivity contribution in [1.82, 2.24) is 0 Å². The van der Waals surface area contributed by atoms with Crippen molar-refractivity contribution in [1.29, 1.82) is 0 Å². The summed E-state index contributed by atoms with van der Waals surface area (Å²) < 4.78 is 26.8. The first kappa shape index (κ1) is 13.3. The molecule has 5 nitrogen and oxygen atoms in total. The lowest BCUT2D eigenvalue weighted by molar-refractivity contribution is 0.320. The van der Waals surface area contributed by atoms with Gasteiger partial charge in [0.05, 0.1) is 11.3 Å². The normalized spacial score (nSPS) is 21.5. The maximum atomic E-state index is 11.2. The van der Waals surface area contributed by atoms with Gasteiger partial charge in [-0.2, -0.15) is 0 Å². The van der Waals surface area contributed by atoms with E-state index in [2.05, 4.69) is 4.31 Å². The van der Waals surface area contributed by atoms with Gasteiger partial charge in [0.25, 0.3) is 0 Å². The van der Waals surface area contributed by atoms with Gasteiger partial charge in [0, 0.05) is 0 Å². The van der Waals surface area contributed by atoms with Crippen LogP contribution in [0, 0.1) is 0 Å². The van der Waals surface area contributed by atoms with Crippen LogP contribution >= 0.6 is 15.2 Å². The third-order valence-electron chi connectivity index (χ3n) is 1.54. The molecule has 0 aliphatic rings. The van der Waals surface area contributed by atoms with Crippen LogP contribution in [0.4, 0.5) is 0 Å². The zero-order chi connectivity index (χ0) is 10.9. The van der Waals surface area contributed by atoms with Gasteiger partial charge in [0.1, 0.15) is 0 Å². The molecule has 0 spiro atoms. The molecule has 0 saturated heterocycles. The van der Waals surface area contributed by atoms with E-state index in [4.69, 9.17) is 0 Å². The standard InChI is InChI=1S/C6H16O5P2/c1-5(2)12(7,8)11-13(9,10)6(3)4/h5-6H,1-4H3,(H,7,8)(H,9,10). The third-order valence-corrected chi connectivity index (χ3v) is 6.02. The summed E-state index contributed by atoms with van der Waals surface area (Å²) in [6.07, 6.45) is 0. The Balaban J connectivity index is 4.63. The molecule has 0 aliphatic heterocycles. The summed E-state index contributed by atoms with van der Waals surface area (Å²) in [6.45, 7) is 5.84. The van der Waals surface area contributed by atoms with Crippen molar-refractivity contribution in [2.45, 2.75) is 39.0 Å². The number of rotatable bonds is 4. The molecule has 7 heteroatoms. The van der Waals surface area contributed by atoms with E-state index < -0.39 is 26.5 Å². The Kier molecular flexibility index (Phi) is 4.35. The molecule has 2 N–H and O–H groups in total. The minimum atomic E-state index is -3.95. The molecule has 0 saturated carbocycles. The lowest BCUT2D eigenvalue weighted by Crippen LogP contribution is -2.05. The molecule has 80 valence electrons. The zero-order valence-corrected chi connectivity index (χ0v) is 9.96. The Morgan fingerprint density at radius 3 is 1.31 bits per heavy atom. The topological polar surface area (TPSA) is 83.8 Å². The molecule has 2 unspecified atom stereocenters. The SMILES string of the molecule is CC(C)P(=O)(O)OP(=O)(O)C(C)C. The van der Waals surface area contributed by atoms with Gasteiger partial charge in [-0.3, -0.25) is 9.13 Å². The summed E-state index contributed by atoms with van der Waals surface area (Å²) in [6, 6.07) is 0. The van der Waals surface area contributed by atoms with Gasteiger partial charge in [-0.25, -0.2) is 4.31 Å². The van der Waals surface area contributed by atoms with Crippen molar-refractivity contribution in [2.75, 3.05) is 0 Å². The second-order valence-electron chi connectivity index (χ2n) is 3.40. The van der Waals surface area contributed by atoms with E-state index in [1.807, 2.05) is 0 Å². The molecule has 0 radical (unpaired) electrons. The Labute approximate surface area is 78.2 Å². The van der Waals surface area contributed by atoms with E-state index in [1.54, 1.807) is 0 Å². The van der Waals surface area contributed by atoms with Crippen LogP contribution < -0.4 is 0 Å². The van der Waals surface area contributed by atoms with Crippen LogP contribution in [0.2, 0.25) is 0 Å². The van der Waals surface area contributed by atoms with Crippen LogP contribution in [-0.4, -0.2) is 21.1 Å². The van der Waals surface area contributed by atoms with Crippen LogP contribution in [0.25, 0.3) is 0 Å². The summed E-state index contributed by atoms with van der Waals surface area (Å²) in [5.74, 6) is 0. The zero-order valence-electron chi connectivity index (χ0n) is 8.17. The van der Waals surface area contributed by atoms with Crippen LogP contribution in [0.5, 0.6) is 0 Å². The minimum absolute atomic E-state index is 0.674. The molecule has 0 aliphatic carbocycles. The van der Waals surface area contributed by atoms with Gasteiger partial charge in [-0.1, -0.05) is 27.7 Å². The van der Waals surface area contributed by atoms with Crippen molar-refractivity contribution < 1.29 is 23.2 Å². The molecule has 13 heavy (non-hydrogen) atoms. The molecule has 2 atom stereocenters. The van der Waals surface area contributed by atoms with Gasteiger partial charge in [0.15, 0.2) is 0 Å². The van der Waals surface area contributed by atoms with Crippen LogP contribution in [0.1, 0.15) is 27.7 Å². The first-order valence-corrected chi connectivity index (χ1v) is 7.25. The first-order chi connectivity index (χ1) is 5.59. The molecule has 0 amide bonds. The Hall–Kier alpha value is 0.340. The summed E-state index contributed by atoms with van der Waals surface area (Å²) in [5.41, 5.74) is -1.35. The fourth-order valence-electron chi connectivity index (χ4n) is 0.356. The monoisotopic (exact) mass is 230 g/mol. The molecule has 0 bridgehead atoms. The molecule has 0 aromatic heterocycles. The molecular formula is C6H16O5P2. The highest BCUT2D eigenvalue weighted by Gasteiger charge is 2.36. The second kappa shape index (κ2) is 4.24. The van der Waals surface area contributed by atoms with Crippen LogP contribution in [0.3, 0.4) is 0 Å². The Morgan fingerprint density at radius 1 is 0.923 bits per heavy atom. The molecule has 0 aromatic carbocycles. The Bertz CT molecular complexity index is 234. The summed E-state index contributed by atoms with van der Waals surface area (Å²) >= 11 is 0. The number of hydrogen-bond acceptors (Lipinski definition) is 3. The molecular weight excluding hydrogens is 214 g/mol. The first-order valence-electron chi connectivity index (χ1n) is 3.96. The van der Waals surface area contributed by atoms with Gasteiger partial charge in [0.2, 0.25) is 0 Å². The van der Waals surface area contributed by atoms with Crippen LogP contribution in [-0.2, 0) is 13.4 Å². The summed E-state index contributed by atoms with van der Waals surface area (Å²) in [5, 5.41) is 0. The van der Waals surface area contributed by atoms with E-state index in [-0.39, 0.29) is 0 Å². The summed E-state index contributed by atoms with van der Waals surface area (Å²) in [7, 11) is -7.91. The van der Waals surface area contributed by atoms with Crippen molar-refractivity contribution in [3.8, 4) is 0 Å². The molecule has 0 rings (SSSR count). The van der Waals surface area contributed by atoms with E-state index in [1.165, 1.54) is 27.7 Å². The number of hydrogen-bond donors (Lipinski definition) is 2. The van der Waals surface area contributed by atoms with Gasteiger partial charge in [-0.05, 0) is 0 Å². The largest absolute Gasteiger partial charge is 0.337 e. The highest BCUT2D eigenvalue weighted by atomic mass is 31.3.